The van der Waals surface area contributed by atoms with Crippen molar-refractivity contribution >= 4 is 11.9 Å². The van der Waals surface area contributed by atoms with E-state index in [1.54, 1.807) is 7.05 Å². The maximum atomic E-state index is 11.4. The summed E-state index contributed by atoms with van der Waals surface area (Å²) < 4.78 is 0. The average Bonchev–Trinajstić information content (AvgIpc) is 2.08. The second-order valence-corrected chi connectivity index (χ2v) is 3.88. The third kappa shape index (κ3) is 2.04. The van der Waals surface area contributed by atoms with Crippen LogP contribution in [-0.4, -0.2) is 59.0 Å². The standard InChI is InChI=1S/C9H16N2O3/c1-6(2)11-4-7(9(13)14)10(3)8(12)5-11/h6-7H,4-5H2,1-3H3,(H,13,14). The third-order valence-electron chi connectivity index (χ3n) is 2.62. The predicted octanol–water partition coefficient (Wildman–Crippen LogP) is -0.378. The van der Waals surface area contributed by atoms with E-state index in [4.69, 9.17) is 5.11 Å². The number of carbonyl (C=O) groups excluding carboxylic acids is 1. The highest BCUT2D eigenvalue weighted by Gasteiger charge is 2.35. The fourth-order valence-electron chi connectivity index (χ4n) is 1.51. The van der Waals surface area contributed by atoms with E-state index in [2.05, 4.69) is 0 Å². The summed E-state index contributed by atoms with van der Waals surface area (Å²) in [7, 11) is 1.54. The van der Waals surface area contributed by atoms with Crippen molar-refractivity contribution in [3.05, 3.63) is 0 Å². The Morgan fingerprint density at radius 2 is 2.14 bits per heavy atom. The quantitative estimate of drug-likeness (QED) is 0.660. The molecule has 0 spiro atoms. The minimum Gasteiger partial charge on any atom is -0.480 e. The molecule has 0 bridgehead atoms. The lowest BCUT2D eigenvalue weighted by Gasteiger charge is -2.38. The number of hydrogen-bond donors (Lipinski definition) is 1. The van der Waals surface area contributed by atoms with Crippen molar-refractivity contribution in [1.29, 1.82) is 0 Å². The van der Waals surface area contributed by atoms with E-state index in [1.165, 1.54) is 4.90 Å². The highest BCUT2D eigenvalue weighted by molar-refractivity contribution is 5.86. The van der Waals surface area contributed by atoms with Crippen molar-refractivity contribution in [1.82, 2.24) is 9.80 Å². The highest BCUT2D eigenvalue weighted by Crippen LogP contribution is 2.11. The number of hydrogen-bond acceptors (Lipinski definition) is 3. The van der Waals surface area contributed by atoms with E-state index in [1.807, 2.05) is 18.7 Å². The Balaban J connectivity index is 2.76. The molecule has 5 heteroatoms. The van der Waals surface area contributed by atoms with Crippen LogP contribution in [0, 0.1) is 0 Å². The number of amides is 1. The molecule has 1 aliphatic heterocycles. The Hall–Kier alpha value is -1.10. The lowest BCUT2D eigenvalue weighted by molar-refractivity contribution is -0.154. The lowest BCUT2D eigenvalue weighted by Crippen LogP contribution is -2.59. The first kappa shape index (κ1) is 11.0. The monoisotopic (exact) mass is 200 g/mol. The summed E-state index contributed by atoms with van der Waals surface area (Å²) in [6.07, 6.45) is 0. The molecule has 0 aromatic rings. The van der Waals surface area contributed by atoms with Crippen LogP contribution in [0.15, 0.2) is 0 Å². The van der Waals surface area contributed by atoms with Crippen LogP contribution in [0.4, 0.5) is 0 Å². The van der Waals surface area contributed by atoms with Crippen molar-refractivity contribution in [2.45, 2.75) is 25.9 Å². The lowest BCUT2D eigenvalue weighted by atomic mass is 10.1. The third-order valence-corrected chi connectivity index (χ3v) is 2.62. The molecule has 1 rings (SSSR count). The van der Waals surface area contributed by atoms with Gasteiger partial charge in [-0.2, -0.15) is 0 Å². The number of rotatable bonds is 2. The van der Waals surface area contributed by atoms with Crippen LogP contribution in [-0.2, 0) is 9.59 Å². The molecule has 80 valence electrons. The van der Waals surface area contributed by atoms with Gasteiger partial charge in [0.1, 0.15) is 6.04 Å². The zero-order valence-electron chi connectivity index (χ0n) is 8.73. The fourth-order valence-corrected chi connectivity index (χ4v) is 1.51. The largest absolute Gasteiger partial charge is 0.480 e. The predicted molar refractivity (Wildman–Crippen MR) is 50.9 cm³/mol. The first-order valence-corrected chi connectivity index (χ1v) is 4.66. The molecule has 1 atom stereocenters. The number of carboxylic acid groups (broad SMARTS) is 1. The van der Waals surface area contributed by atoms with Crippen LogP contribution < -0.4 is 0 Å². The Labute approximate surface area is 83.3 Å². The molecule has 0 aromatic heterocycles. The van der Waals surface area contributed by atoms with Crippen LogP contribution in [0.1, 0.15) is 13.8 Å². The van der Waals surface area contributed by atoms with Crippen LogP contribution in [0.5, 0.6) is 0 Å². The van der Waals surface area contributed by atoms with Gasteiger partial charge in [0.2, 0.25) is 5.91 Å². The molecular formula is C9H16N2O3. The molecule has 1 N–H and O–H groups in total. The molecule has 0 saturated carbocycles. The molecule has 5 nitrogen and oxygen atoms in total. The number of likely N-dealkylation sites (N-methyl/N-ethyl adjacent to an activating group) is 1. The Kier molecular flexibility index (Phi) is 3.10. The van der Waals surface area contributed by atoms with Gasteiger partial charge in [-0.25, -0.2) is 4.79 Å². The first-order chi connectivity index (χ1) is 6.43. The van der Waals surface area contributed by atoms with Crippen molar-refractivity contribution in [2.24, 2.45) is 0 Å². The zero-order valence-corrected chi connectivity index (χ0v) is 8.73. The Bertz CT molecular complexity index is 252. The van der Waals surface area contributed by atoms with Gasteiger partial charge in [-0.1, -0.05) is 0 Å². The van der Waals surface area contributed by atoms with E-state index in [0.717, 1.165) is 0 Å². The molecular weight excluding hydrogens is 184 g/mol. The summed E-state index contributed by atoms with van der Waals surface area (Å²) in [5, 5.41) is 8.91. The summed E-state index contributed by atoms with van der Waals surface area (Å²) in [4.78, 5) is 25.5. The van der Waals surface area contributed by atoms with E-state index in [9.17, 15) is 9.59 Å². The molecule has 1 aliphatic rings. The molecule has 14 heavy (non-hydrogen) atoms. The van der Waals surface area contributed by atoms with Gasteiger partial charge in [0.15, 0.2) is 0 Å². The second-order valence-electron chi connectivity index (χ2n) is 3.88. The minimum absolute atomic E-state index is 0.127. The number of aliphatic carboxylic acids is 1. The summed E-state index contributed by atoms with van der Waals surface area (Å²) in [5.74, 6) is -1.07. The molecule has 1 fully saturated rings. The molecule has 0 radical (unpaired) electrons. The number of piperazine rings is 1. The van der Waals surface area contributed by atoms with Gasteiger partial charge in [-0.3, -0.25) is 9.69 Å². The number of nitrogens with zero attached hydrogens (tertiary/aromatic N) is 2. The molecule has 1 heterocycles. The van der Waals surface area contributed by atoms with Crippen LogP contribution in [0.25, 0.3) is 0 Å². The van der Waals surface area contributed by atoms with E-state index < -0.39 is 12.0 Å². The van der Waals surface area contributed by atoms with Crippen LogP contribution in [0.3, 0.4) is 0 Å². The smallest absolute Gasteiger partial charge is 0.327 e. The van der Waals surface area contributed by atoms with Gasteiger partial charge in [0.25, 0.3) is 0 Å². The van der Waals surface area contributed by atoms with E-state index >= 15 is 0 Å². The second kappa shape index (κ2) is 3.96. The van der Waals surface area contributed by atoms with E-state index in [0.29, 0.717) is 13.1 Å². The summed E-state index contributed by atoms with van der Waals surface area (Å²) in [5.41, 5.74) is 0. The molecule has 0 aromatic carbocycles. The highest BCUT2D eigenvalue weighted by atomic mass is 16.4. The zero-order chi connectivity index (χ0) is 10.9. The van der Waals surface area contributed by atoms with Crippen molar-refractivity contribution in [3.8, 4) is 0 Å². The summed E-state index contributed by atoms with van der Waals surface area (Å²) >= 11 is 0. The summed E-state index contributed by atoms with van der Waals surface area (Å²) in [6.45, 7) is 4.64. The van der Waals surface area contributed by atoms with Crippen molar-refractivity contribution < 1.29 is 14.7 Å². The van der Waals surface area contributed by atoms with Gasteiger partial charge in [-0.05, 0) is 13.8 Å². The molecule has 1 unspecified atom stereocenters. The Morgan fingerprint density at radius 3 is 2.57 bits per heavy atom. The number of carboxylic acids is 1. The minimum atomic E-state index is -0.939. The fraction of sp³-hybridized carbons (Fsp3) is 0.778. The normalized spacial score (nSPS) is 24.4. The molecule has 1 amide bonds. The van der Waals surface area contributed by atoms with Gasteiger partial charge >= 0.3 is 5.97 Å². The first-order valence-electron chi connectivity index (χ1n) is 4.66. The summed E-state index contributed by atoms with van der Waals surface area (Å²) in [6, 6.07) is -0.506. The molecule has 1 saturated heterocycles. The SMILES string of the molecule is CC(C)N1CC(=O)N(C)C(C(=O)O)C1. The van der Waals surface area contributed by atoms with Gasteiger partial charge in [-0.15, -0.1) is 0 Å². The van der Waals surface area contributed by atoms with Gasteiger partial charge in [0.05, 0.1) is 6.54 Å². The number of carbonyl (C=O) groups is 2. The molecule has 0 aliphatic carbocycles. The maximum absolute atomic E-state index is 11.4. The van der Waals surface area contributed by atoms with Crippen molar-refractivity contribution in [3.63, 3.8) is 0 Å². The Morgan fingerprint density at radius 1 is 1.57 bits per heavy atom. The maximum Gasteiger partial charge on any atom is 0.327 e. The van der Waals surface area contributed by atoms with Crippen molar-refractivity contribution in [2.75, 3.05) is 20.1 Å². The van der Waals surface area contributed by atoms with Gasteiger partial charge < -0.3 is 10.0 Å². The van der Waals surface area contributed by atoms with E-state index in [-0.39, 0.29) is 11.9 Å². The average molecular weight is 200 g/mol. The van der Waals surface area contributed by atoms with Crippen LogP contribution >= 0.6 is 0 Å². The van der Waals surface area contributed by atoms with Gasteiger partial charge in [0, 0.05) is 19.6 Å². The van der Waals surface area contributed by atoms with Crippen LogP contribution in [0.2, 0.25) is 0 Å². The topological polar surface area (TPSA) is 60.9 Å².